The summed E-state index contributed by atoms with van der Waals surface area (Å²) >= 11 is 1.79. The molecule has 0 saturated heterocycles. The molecule has 0 aliphatic heterocycles. The lowest BCUT2D eigenvalue weighted by Gasteiger charge is -2.06. The third kappa shape index (κ3) is 5.11. The zero-order valence-electron chi connectivity index (χ0n) is 9.91. The van der Waals surface area contributed by atoms with E-state index in [2.05, 4.69) is 27.5 Å². The van der Waals surface area contributed by atoms with Crippen LogP contribution < -0.4 is 10.6 Å². The third-order valence-electron chi connectivity index (χ3n) is 2.04. The molecule has 0 radical (unpaired) electrons. The SMILES string of the molecule is CCc1cnc(CCNC(=NC)NC)s1.I. The monoisotopic (exact) mass is 354 g/mol. The van der Waals surface area contributed by atoms with Gasteiger partial charge in [-0.15, -0.1) is 35.3 Å². The number of hydrogen-bond acceptors (Lipinski definition) is 3. The molecule has 92 valence electrons. The van der Waals surface area contributed by atoms with Gasteiger partial charge in [-0.3, -0.25) is 4.99 Å². The van der Waals surface area contributed by atoms with E-state index in [0.29, 0.717) is 0 Å². The molecule has 0 spiro atoms. The molecule has 16 heavy (non-hydrogen) atoms. The van der Waals surface area contributed by atoms with Crippen LogP contribution in [-0.2, 0) is 12.8 Å². The van der Waals surface area contributed by atoms with Crippen LogP contribution in [0.25, 0.3) is 0 Å². The van der Waals surface area contributed by atoms with Crippen LogP contribution in [0.3, 0.4) is 0 Å². The summed E-state index contributed by atoms with van der Waals surface area (Å²) in [7, 11) is 3.62. The van der Waals surface area contributed by atoms with Crippen molar-refractivity contribution in [3.8, 4) is 0 Å². The minimum atomic E-state index is 0. The average Bonchev–Trinajstić information content (AvgIpc) is 2.72. The maximum Gasteiger partial charge on any atom is 0.190 e. The second-order valence-electron chi connectivity index (χ2n) is 3.07. The Kier molecular flexibility index (Phi) is 8.54. The molecule has 0 aromatic carbocycles. The molecule has 4 nitrogen and oxygen atoms in total. The van der Waals surface area contributed by atoms with Gasteiger partial charge in [-0.25, -0.2) is 4.98 Å². The van der Waals surface area contributed by atoms with Gasteiger partial charge in [-0.05, 0) is 6.42 Å². The largest absolute Gasteiger partial charge is 0.359 e. The summed E-state index contributed by atoms with van der Waals surface area (Å²) in [5, 5.41) is 7.36. The highest BCUT2D eigenvalue weighted by Gasteiger charge is 2.00. The molecule has 1 heterocycles. The first-order valence-electron chi connectivity index (χ1n) is 5.12. The second-order valence-corrected chi connectivity index (χ2v) is 4.27. The number of hydrogen-bond donors (Lipinski definition) is 2. The molecule has 1 aromatic rings. The van der Waals surface area contributed by atoms with Gasteiger partial charge in [0.1, 0.15) is 0 Å². The van der Waals surface area contributed by atoms with Crippen LogP contribution in [0.2, 0.25) is 0 Å². The smallest absolute Gasteiger partial charge is 0.190 e. The van der Waals surface area contributed by atoms with Crippen molar-refractivity contribution in [1.29, 1.82) is 0 Å². The minimum Gasteiger partial charge on any atom is -0.359 e. The third-order valence-corrected chi connectivity index (χ3v) is 3.24. The number of aliphatic imine (C=N–C) groups is 1. The molecule has 6 heteroatoms. The molecule has 1 aromatic heterocycles. The van der Waals surface area contributed by atoms with Gasteiger partial charge >= 0.3 is 0 Å². The number of guanidine groups is 1. The number of nitrogens with zero attached hydrogens (tertiary/aromatic N) is 2. The molecule has 0 atom stereocenters. The van der Waals surface area contributed by atoms with Crippen molar-refractivity contribution in [3.05, 3.63) is 16.1 Å². The number of aryl methyl sites for hydroxylation is 1. The summed E-state index contributed by atoms with van der Waals surface area (Å²) in [4.78, 5) is 9.74. The van der Waals surface area contributed by atoms with E-state index in [4.69, 9.17) is 0 Å². The first kappa shape index (κ1) is 15.6. The lowest BCUT2D eigenvalue weighted by Crippen LogP contribution is -2.35. The van der Waals surface area contributed by atoms with Crippen molar-refractivity contribution in [3.63, 3.8) is 0 Å². The highest BCUT2D eigenvalue weighted by molar-refractivity contribution is 14.0. The van der Waals surface area contributed by atoms with E-state index in [1.165, 1.54) is 9.88 Å². The van der Waals surface area contributed by atoms with Gasteiger partial charge in [0.25, 0.3) is 0 Å². The summed E-state index contributed by atoms with van der Waals surface area (Å²) < 4.78 is 0. The van der Waals surface area contributed by atoms with Crippen LogP contribution in [0.5, 0.6) is 0 Å². The van der Waals surface area contributed by atoms with E-state index < -0.39 is 0 Å². The summed E-state index contributed by atoms with van der Waals surface area (Å²) in [6.07, 6.45) is 3.99. The first-order valence-corrected chi connectivity index (χ1v) is 5.93. The lowest BCUT2D eigenvalue weighted by atomic mass is 10.4. The molecule has 0 aliphatic rings. The van der Waals surface area contributed by atoms with Crippen LogP contribution in [0.15, 0.2) is 11.2 Å². The summed E-state index contributed by atoms with van der Waals surface area (Å²) in [5.41, 5.74) is 0. The Bertz CT molecular complexity index is 324. The van der Waals surface area contributed by atoms with Crippen LogP contribution >= 0.6 is 35.3 Å². The van der Waals surface area contributed by atoms with E-state index in [1.54, 1.807) is 18.4 Å². The Morgan fingerprint density at radius 3 is 2.81 bits per heavy atom. The fraction of sp³-hybridized carbons (Fsp3) is 0.600. The Morgan fingerprint density at radius 1 is 1.56 bits per heavy atom. The topological polar surface area (TPSA) is 49.3 Å². The molecule has 2 N–H and O–H groups in total. The van der Waals surface area contributed by atoms with Crippen molar-refractivity contribution < 1.29 is 0 Å². The molecule has 0 bridgehead atoms. The number of thiazole rings is 1. The number of halogens is 1. The molecule has 0 saturated carbocycles. The van der Waals surface area contributed by atoms with Gasteiger partial charge in [0.05, 0.1) is 5.01 Å². The van der Waals surface area contributed by atoms with E-state index in [-0.39, 0.29) is 24.0 Å². The van der Waals surface area contributed by atoms with Gasteiger partial charge < -0.3 is 10.6 Å². The number of nitrogens with one attached hydrogen (secondary N) is 2. The first-order chi connectivity index (χ1) is 7.30. The van der Waals surface area contributed by atoms with E-state index in [1.807, 2.05) is 13.2 Å². The van der Waals surface area contributed by atoms with Gasteiger partial charge in [-0.1, -0.05) is 6.92 Å². The molecular formula is C10H19IN4S. The zero-order valence-corrected chi connectivity index (χ0v) is 13.1. The van der Waals surface area contributed by atoms with Crippen LogP contribution in [0.4, 0.5) is 0 Å². The van der Waals surface area contributed by atoms with E-state index in [0.717, 1.165) is 25.3 Å². The van der Waals surface area contributed by atoms with Gasteiger partial charge in [0, 0.05) is 38.1 Å². The summed E-state index contributed by atoms with van der Waals surface area (Å²) in [6, 6.07) is 0. The fourth-order valence-corrected chi connectivity index (χ4v) is 2.06. The Hall–Kier alpha value is -0.370. The predicted octanol–water partition coefficient (Wildman–Crippen LogP) is 1.66. The number of aromatic nitrogens is 1. The minimum absolute atomic E-state index is 0. The maximum absolute atomic E-state index is 4.35. The maximum atomic E-state index is 4.35. The Morgan fingerprint density at radius 2 is 2.31 bits per heavy atom. The van der Waals surface area contributed by atoms with Gasteiger partial charge in [0.15, 0.2) is 5.96 Å². The van der Waals surface area contributed by atoms with Crippen molar-refractivity contribution in [2.24, 2.45) is 4.99 Å². The molecule has 0 unspecified atom stereocenters. The van der Waals surface area contributed by atoms with Crippen LogP contribution in [0.1, 0.15) is 16.8 Å². The highest BCUT2D eigenvalue weighted by Crippen LogP contribution is 2.13. The van der Waals surface area contributed by atoms with E-state index >= 15 is 0 Å². The van der Waals surface area contributed by atoms with Gasteiger partial charge in [0.2, 0.25) is 0 Å². The Labute approximate surface area is 118 Å². The standard InChI is InChI=1S/C10H18N4S.HI/c1-4-8-7-14-9(15-8)5-6-13-10(11-2)12-3;/h7H,4-6H2,1-3H3,(H2,11,12,13);1H. The molecule has 0 amide bonds. The average molecular weight is 354 g/mol. The van der Waals surface area contributed by atoms with Crippen LogP contribution in [-0.4, -0.2) is 31.6 Å². The second kappa shape index (κ2) is 8.74. The summed E-state index contributed by atoms with van der Waals surface area (Å²) in [6.45, 7) is 3.02. The molecule has 0 aliphatic carbocycles. The van der Waals surface area contributed by atoms with E-state index in [9.17, 15) is 0 Å². The Balaban J connectivity index is 0.00000225. The quantitative estimate of drug-likeness (QED) is 0.491. The fourth-order valence-electron chi connectivity index (χ4n) is 1.19. The molecular weight excluding hydrogens is 335 g/mol. The van der Waals surface area contributed by atoms with Crippen molar-refractivity contribution in [2.45, 2.75) is 19.8 Å². The lowest BCUT2D eigenvalue weighted by molar-refractivity contribution is 0.829. The van der Waals surface area contributed by atoms with Crippen molar-refractivity contribution in [2.75, 3.05) is 20.6 Å². The van der Waals surface area contributed by atoms with Crippen molar-refractivity contribution in [1.82, 2.24) is 15.6 Å². The summed E-state index contributed by atoms with van der Waals surface area (Å²) in [5.74, 6) is 0.822. The van der Waals surface area contributed by atoms with Crippen LogP contribution in [0, 0.1) is 0 Å². The zero-order chi connectivity index (χ0) is 11.1. The molecule has 1 rings (SSSR count). The normalized spacial score (nSPS) is 10.8. The molecule has 0 fully saturated rings. The van der Waals surface area contributed by atoms with Gasteiger partial charge in [-0.2, -0.15) is 0 Å². The highest BCUT2D eigenvalue weighted by atomic mass is 127. The van der Waals surface area contributed by atoms with Crippen molar-refractivity contribution >= 4 is 41.3 Å². The number of rotatable bonds is 4. The predicted molar refractivity (Wildman–Crippen MR) is 81.0 cm³/mol.